The third-order valence-electron chi connectivity index (χ3n) is 2.03. The Morgan fingerprint density at radius 2 is 2.21 bits per heavy atom. The van der Waals surface area contributed by atoms with Gasteiger partial charge in [0, 0.05) is 17.0 Å². The van der Waals surface area contributed by atoms with Gasteiger partial charge in [0.15, 0.2) is 5.88 Å². The van der Waals surface area contributed by atoms with Crippen LogP contribution in [0.15, 0.2) is 42.7 Å². The smallest absolute Gasteiger partial charge is 0.197 e. The van der Waals surface area contributed by atoms with Gasteiger partial charge in [-0.25, -0.2) is 0 Å². The number of hydrogen-bond acceptors (Lipinski definition) is 1. The van der Waals surface area contributed by atoms with Crippen LogP contribution < -0.4 is 4.74 Å². The van der Waals surface area contributed by atoms with Crippen molar-refractivity contribution in [2.45, 2.75) is 13.3 Å². The lowest BCUT2D eigenvalue weighted by molar-refractivity contribution is 0.464. The lowest BCUT2D eigenvalue weighted by atomic mass is 10.3. The molecule has 1 N–H and O–H groups in total. The van der Waals surface area contributed by atoms with Gasteiger partial charge < -0.3 is 9.72 Å². The zero-order valence-corrected chi connectivity index (χ0v) is 8.16. The Balaban J connectivity index is 2.23. The maximum atomic E-state index is 5.40. The van der Waals surface area contributed by atoms with Crippen molar-refractivity contribution in [2.75, 3.05) is 0 Å². The molecule has 0 saturated carbocycles. The van der Waals surface area contributed by atoms with E-state index < -0.39 is 0 Å². The second-order valence-corrected chi connectivity index (χ2v) is 3.12. The third-order valence-corrected chi connectivity index (χ3v) is 2.03. The fourth-order valence-electron chi connectivity index (χ4n) is 1.33. The molecule has 0 amide bonds. The summed E-state index contributed by atoms with van der Waals surface area (Å²) in [5, 5.41) is 1.17. The van der Waals surface area contributed by atoms with Crippen molar-refractivity contribution < 1.29 is 4.74 Å². The molecule has 2 heteroatoms. The zero-order chi connectivity index (χ0) is 9.80. The second-order valence-electron chi connectivity index (χ2n) is 3.12. The molecule has 2 aromatic rings. The van der Waals surface area contributed by atoms with E-state index in [2.05, 4.69) is 18.0 Å². The lowest BCUT2D eigenvalue weighted by Gasteiger charge is -1.92. The van der Waals surface area contributed by atoms with E-state index in [1.807, 2.05) is 30.3 Å². The van der Waals surface area contributed by atoms with Crippen LogP contribution in [0, 0.1) is 0 Å². The summed E-state index contributed by atoms with van der Waals surface area (Å²) in [6, 6.07) is 10.1. The SMILES string of the molecule is CCC=COc1cc2ccccc2[nH]1. The predicted octanol–water partition coefficient (Wildman–Crippen LogP) is 3.47. The minimum absolute atomic E-state index is 0.788. The summed E-state index contributed by atoms with van der Waals surface area (Å²) in [5.41, 5.74) is 1.10. The number of aromatic amines is 1. The highest BCUT2D eigenvalue weighted by atomic mass is 16.5. The minimum Gasteiger partial charge on any atom is -0.449 e. The number of hydrogen-bond donors (Lipinski definition) is 1. The van der Waals surface area contributed by atoms with Crippen LogP contribution in [0.2, 0.25) is 0 Å². The molecule has 0 aliphatic rings. The Morgan fingerprint density at radius 1 is 1.36 bits per heavy atom. The molecule has 0 aliphatic carbocycles. The topological polar surface area (TPSA) is 25.0 Å². The lowest BCUT2D eigenvalue weighted by Crippen LogP contribution is -1.79. The van der Waals surface area contributed by atoms with Crippen LogP contribution in [0.25, 0.3) is 10.9 Å². The van der Waals surface area contributed by atoms with Gasteiger partial charge in [0.05, 0.1) is 6.26 Å². The van der Waals surface area contributed by atoms with Gasteiger partial charge in [-0.3, -0.25) is 0 Å². The highest BCUT2D eigenvalue weighted by Crippen LogP contribution is 2.19. The van der Waals surface area contributed by atoms with E-state index in [9.17, 15) is 0 Å². The van der Waals surface area contributed by atoms with Crippen molar-refractivity contribution >= 4 is 10.9 Å². The number of aromatic nitrogens is 1. The molecule has 1 aromatic heterocycles. The minimum atomic E-state index is 0.788. The molecular weight excluding hydrogens is 174 g/mol. The average Bonchev–Trinajstić information content (AvgIpc) is 2.60. The molecule has 0 fully saturated rings. The van der Waals surface area contributed by atoms with Crippen molar-refractivity contribution in [3.05, 3.63) is 42.7 Å². The summed E-state index contributed by atoms with van der Waals surface area (Å²) >= 11 is 0. The summed E-state index contributed by atoms with van der Waals surface area (Å²) in [4.78, 5) is 3.18. The van der Waals surface area contributed by atoms with Gasteiger partial charge in [0.1, 0.15) is 0 Å². The summed E-state index contributed by atoms with van der Waals surface area (Å²) < 4.78 is 5.40. The Labute approximate surface area is 83.2 Å². The van der Waals surface area contributed by atoms with Gasteiger partial charge in [0.25, 0.3) is 0 Å². The van der Waals surface area contributed by atoms with Gasteiger partial charge in [-0.05, 0) is 18.6 Å². The summed E-state index contributed by atoms with van der Waals surface area (Å²) in [5.74, 6) is 0.788. The van der Waals surface area contributed by atoms with E-state index in [4.69, 9.17) is 4.74 Å². The number of benzene rings is 1. The van der Waals surface area contributed by atoms with Gasteiger partial charge in [0.2, 0.25) is 0 Å². The molecule has 0 saturated heterocycles. The monoisotopic (exact) mass is 187 g/mol. The second kappa shape index (κ2) is 4.01. The molecule has 72 valence electrons. The molecule has 1 aromatic carbocycles. The van der Waals surface area contributed by atoms with E-state index in [1.54, 1.807) is 6.26 Å². The standard InChI is InChI=1S/C12H13NO/c1-2-3-8-14-12-9-10-6-4-5-7-11(10)13-12/h3-9,13H,2H2,1H3. The largest absolute Gasteiger partial charge is 0.449 e. The Kier molecular flexibility index (Phi) is 2.54. The molecule has 2 nitrogen and oxygen atoms in total. The number of para-hydroxylation sites is 1. The van der Waals surface area contributed by atoms with Crippen LogP contribution in [0.4, 0.5) is 0 Å². The predicted molar refractivity (Wildman–Crippen MR) is 58.4 cm³/mol. The molecule has 0 atom stereocenters. The van der Waals surface area contributed by atoms with Crippen LogP contribution in [0.5, 0.6) is 5.88 Å². The van der Waals surface area contributed by atoms with Gasteiger partial charge in [-0.2, -0.15) is 0 Å². The molecule has 1 heterocycles. The Hall–Kier alpha value is -1.70. The maximum absolute atomic E-state index is 5.40. The van der Waals surface area contributed by atoms with Crippen LogP contribution in [0.1, 0.15) is 13.3 Å². The van der Waals surface area contributed by atoms with E-state index in [0.29, 0.717) is 0 Å². The number of ether oxygens (including phenoxy) is 1. The normalized spacial score (nSPS) is 11.2. The summed E-state index contributed by atoms with van der Waals surface area (Å²) in [6.07, 6.45) is 4.68. The number of rotatable bonds is 3. The first kappa shape index (κ1) is 8.88. The average molecular weight is 187 g/mol. The number of H-pyrrole nitrogens is 1. The van der Waals surface area contributed by atoms with Crippen LogP contribution >= 0.6 is 0 Å². The van der Waals surface area contributed by atoms with Crippen LogP contribution in [0.3, 0.4) is 0 Å². The van der Waals surface area contributed by atoms with Gasteiger partial charge >= 0.3 is 0 Å². The van der Waals surface area contributed by atoms with E-state index in [1.165, 1.54) is 5.39 Å². The van der Waals surface area contributed by atoms with E-state index in [-0.39, 0.29) is 0 Å². The van der Waals surface area contributed by atoms with Crippen molar-refractivity contribution in [3.63, 3.8) is 0 Å². The quantitative estimate of drug-likeness (QED) is 0.731. The number of fused-ring (bicyclic) bond motifs is 1. The highest BCUT2D eigenvalue weighted by Gasteiger charge is 1.97. The van der Waals surface area contributed by atoms with E-state index in [0.717, 1.165) is 17.8 Å². The molecule has 0 radical (unpaired) electrons. The highest BCUT2D eigenvalue weighted by molar-refractivity contribution is 5.81. The molecular formula is C12H13NO. The molecule has 2 rings (SSSR count). The van der Waals surface area contributed by atoms with Gasteiger partial charge in [-0.1, -0.05) is 25.1 Å². The fraction of sp³-hybridized carbons (Fsp3) is 0.167. The van der Waals surface area contributed by atoms with Crippen molar-refractivity contribution in [2.24, 2.45) is 0 Å². The first-order valence-corrected chi connectivity index (χ1v) is 4.79. The zero-order valence-electron chi connectivity index (χ0n) is 8.16. The van der Waals surface area contributed by atoms with Crippen molar-refractivity contribution in [1.29, 1.82) is 0 Å². The first-order chi connectivity index (χ1) is 6.90. The first-order valence-electron chi connectivity index (χ1n) is 4.79. The van der Waals surface area contributed by atoms with E-state index >= 15 is 0 Å². The van der Waals surface area contributed by atoms with Crippen LogP contribution in [-0.4, -0.2) is 4.98 Å². The van der Waals surface area contributed by atoms with Crippen molar-refractivity contribution in [3.8, 4) is 5.88 Å². The number of nitrogens with one attached hydrogen (secondary N) is 1. The summed E-state index contributed by atoms with van der Waals surface area (Å²) in [7, 11) is 0. The molecule has 0 aliphatic heterocycles. The molecule has 0 bridgehead atoms. The number of allylic oxidation sites excluding steroid dienone is 1. The fourth-order valence-corrected chi connectivity index (χ4v) is 1.33. The van der Waals surface area contributed by atoms with Crippen LogP contribution in [-0.2, 0) is 0 Å². The molecule has 14 heavy (non-hydrogen) atoms. The Morgan fingerprint density at radius 3 is 3.00 bits per heavy atom. The Bertz CT molecular complexity index is 409. The molecule has 0 unspecified atom stereocenters. The summed E-state index contributed by atoms with van der Waals surface area (Å²) in [6.45, 7) is 2.07. The maximum Gasteiger partial charge on any atom is 0.197 e. The van der Waals surface area contributed by atoms with Gasteiger partial charge in [-0.15, -0.1) is 0 Å². The molecule has 0 spiro atoms. The third kappa shape index (κ3) is 1.79. The van der Waals surface area contributed by atoms with Crippen molar-refractivity contribution in [1.82, 2.24) is 4.98 Å².